The monoisotopic (exact) mass is 344 g/mol. The first kappa shape index (κ1) is 16.9. The Morgan fingerprint density at radius 3 is 2.76 bits per heavy atom. The number of hydrogen-bond acceptors (Lipinski definition) is 5. The van der Waals surface area contributed by atoms with Crippen LogP contribution in [0.1, 0.15) is 41.9 Å². The first-order valence-corrected chi connectivity index (χ1v) is 8.28. The maximum absolute atomic E-state index is 12.5. The summed E-state index contributed by atoms with van der Waals surface area (Å²) in [5, 5.41) is 20.3. The van der Waals surface area contributed by atoms with Crippen LogP contribution in [0.2, 0.25) is 0 Å². The molecule has 0 spiro atoms. The molecule has 1 aromatic carbocycles. The summed E-state index contributed by atoms with van der Waals surface area (Å²) >= 11 is 0. The van der Waals surface area contributed by atoms with Gasteiger partial charge in [0.25, 0.3) is 5.91 Å². The summed E-state index contributed by atoms with van der Waals surface area (Å²) in [6, 6.07) is 9.22. The molecule has 1 aliphatic carbocycles. The lowest BCUT2D eigenvalue weighted by atomic mass is 9.92. The molecule has 1 amide bonds. The van der Waals surface area contributed by atoms with E-state index in [1.165, 1.54) is 6.92 Å². The summed E-state index contributed by atoms with van der Waals surface area (Å²) in [5.74, 6) is 0.194. The van der Waals surface area contributed by atoms with Gasteiger partial charge < -0.3 is 10.1 Å². The van der Waals surface area contributed by atoms with Crippen LogP contribution in [0.5, 0.6) is 5.75 Å². The lowest BCUT2D eigenvalue weighted by Gasteiger charge is -2.32. The highest BCUT2D eigenvalue weighted by atomic mass is 16.6. The first-order valence-electron chi connectivity index (χ1n) is 8.28. The third-order valence-electron chi connectivity index (χ3n) is 4.36. The van der Waals surface area contributed by atoms with E-state index in [1.807, 2.05) is 30.3 Å². The quantitative estimate of drug-likeness (QED) is 0.640. The SMILES string of the molecule is Cc1[nH]nc(C(=O)N[C@@H]2CCCC[C@H]2Oc2ccccc2)c1[N+](=O)[O-]. The maximum atomic E-state index is 12.5. The van der Waals surface area contributed by atoms with E-state index in [2.05, 4.69) is 15.5 Å². The number of aromatic amines is 1. The minimum absolute atomic E-state index is 0.167. The number of nitro groups is 1. The van der Waals surface area contributed by atoms with Gasteiger partial charge in [-0.3, -0.25) is 20.0 Å². The van der Waals surface area contributed by atoms with E-state index < -0.39 is 10.8 Å². The molecule has 2 aromatic rings. The van der Waals surface area contributed by atoms with Gasteiger partial charge in [0, 0.05) is 0 Å². The largest absolute Gasteiger partial charge is 0.488 e. The first-order chi connectivity index (χ1) is 12.1. The maximum Gasteiger partial charge on any atom is 0.322 e. The van der Waals surface area contributed by atoms with Gasteiger partial charge in [-0.05, 0) is 38.3 Å². The van der Waals surface area contributed by atoms with Gasteiger partial charge in [0.15, 0.2) is 0 Å². The summed E-state index contributed by atoms with van der Waals surface area (Å²) in [4.78, 5) is 23.1. The van der Waals surface area contributed by atoms with E-state index in [1.54, 1.807) is 0 Å². The van der Waals surface area contributed by atoms with Crippen molar-refractivity contribution in [3.63, 3.8) is 0 Å². The minimum atomic E-state index is -0.591. The molecule has 1 heterocycles. The Labute approximate surface area is 144 Å². The number of nitrogens with zero attached hydrogens (tertiary/aromatic N) is 2. The zero-order valence-electron chi connectivity index (χ0n) is 13.9. The Morgan fingerprint density at radius 2 is 2.04 bits per heavy atom. The van der Waals surface area contributed by atoms with Crippen molar-refractivity contribution in [2.75, 3.05) is 0 Å². The van der Waals surface area contributed by atoms with Crippen LogP contribution < -0.4 is 10.1 Å². The molecule has 2 atom stereocenters. The third kappa shape index (κ3) is 3.78. The number of carbonyl (C=O) groups excluding carboxylic acids is 1. The number of amides is 1. The van der Waals surface area contributed by atoms with Crippen molar-refractivity contribution in [2.24, 2.45) is 0 Å². The topological polar surface area (TPSA) is 110 Å². The highest BCUT2D eigenvalue weighted by Crippen LogP contribution is 2.25. The van der Waals surface area contributed by atoms with E-state index in [4.69, 9.17) is 4.74 Å². The zero-order valence-corrected chi connectivity index (χ0v) is 13.9. The molecule has 8 nitrogen and oxygen atoms in total. The van der Waals surface area contributed by atoms with Crippen LogP contribution in [0.4, 0.5) is 5.69 Å². The Bertz CT molecular complexity index is 759. The van der Waals surface area contributed by atoms with Crippen LogP contribution in [0.3, 0.4) is 0 Å². The molecule has 1 fully saturated rings. The summed E-state index contributed by atoms with van der Waals surface area (Å²) in [7, 11) is 0. The molecule has 2 N–H and O–H groups in total. The van der Waals surface area contributed by atoms with Crippen molar-refractivity contribution in [3.05, 3.63) is 51.8 Å². The van der Waals surface area contributed by atoms with E-state index >= 15 is 0 Å². The molecule has 0 aliphatic heterocycles. The fourth-order valence-electron chi connectivity index (χ4n) is 3.12. The number of benzene rings is 1. The van der Waals surface area contributed by atoms with Crippen molar-refractivity contribution in [2.45, 2.75) is 44.8 Å². The van der Waals surface area contributed by atoms with Crippen LogP contribution in [-0.4, -0.2) is 33.2 Å². The zero-order chi connectivity index (χ0) is 17.8. The third-order valence-corrected chi connectivity index (χ3v) is 4.36. The molecule has 0 unspecified atom stereocenters. The number of para-hydroxylation sites is 1. The molecule has 0 bridgehead atoms. The normalized spacial score (nSPS) is 20.0. The summed E-state index contributed by atoms with van der Waals surface area (Å²) in [6.07, 6.45) is 3.41. The van der Waals surface area contributed by atoms with E-state index in [0.717, 1.165) is 31.4 Å². The molecule has 3 rings (SSSR count). The second-order valence-corrected chi connectivity index (χ2v) is 6.14. The van der Waals surface area contributed by atoms with Gasteiger partial charge in [0.1, 0.15) is 17.5 Å². The highest BCUT2D eigenvalue weighted by Gasteiger charge is 2.32. The van der Waals surface area contributed by atoms with Crippen molar-refractivity contribution in [1.82, 2.24) is 15.5 Å². The number of hydrogen-bond donors (Lipinski definition) is 2. The van der Waals surface area contributed by atoms with Gasteiger partial charge in [-0.1, -0.05) is 24.6 Å². The number of aromatic nitrogens is 2. The number of H-pyrrole nitrogens is 1. The van der Waals surface area contributed by atoms with Gasteiger partial charge in [-0.2, -0.15) is 5.10 Å². The van der Waals surface area contributed by atoms with Gasteiger partial charge in [-0.15, -0.1) is 0 Å². The van der Waals surface area contributed by atoms with Crippen molar-refractivity contribution < 1.29 is 14.5 Å². The summed E-state index contributed by atoms with van der Waals surface area (Å²) < 4.78 is 6.01. The second kappa shape index (κ2) is 7.33. The van der Waals surface area contributed by atoms with Gasteiger partial charge in [0.2, 0.25) is 5.69 Å². The van der Waals surface area contributed by atoms with Crippen LogP contribution in [0.25, 0.3) is 0 Å². The van der Waals surface area contributed by atoms with Gasteiger partial charge in [-0.25, -0.2) is 0 Å². The van der Waals surface area contributed by atoms with E-state index in [9.17, 15) is 14.9 Å². The Hall–Kier alpha value is -2.90. The lowest BCUT2D eigenvalue weighted by Crippen LogP contribution is -2.47. The second-order valence-electron chi connectivity index (χ2n) is 6.14. The molecule has 132 valence electrons. The minimum Gasteiger partial charge on any atom is -0.488 e. The smallest absolute Gasteiger partial charge is 0.322 e. The summed E-state index contributed by atoms with van der Waals surface area (Å²) in [5.41, 5.74) is -0.212. The molecule has 0 radical (unpaired) electrons. The Morgan fingerprint density at radius 1 is 1.32 bits per heavy atom. The number of aryl methyl sites for hydroxylation is 1. The van der Waals surface area contributed by atoms with Crippen molar-refractivity contribution in [1.29, 1.82) is 0 Å². The molecule has 1 aliphatic rings. The summed E-state index contributed by atoms with van der Waals surface area (Å²) in [6.45, 7) is 1.52. The number of nitrogens with one attached hydrogen (secondary N) is 2. The van der Waals surface area contributed by atoms with Gasteiger partial charge >= 0.3 is 5.69 Å². The average Bonchev–Trinajstić information content (AvgIpc) is 2.99. The molecule has 1 aromatic heterocycles. The molecular weight excluding hydrogens is 324 g/mol. The molecule has 1 saturated carbocycles. The van der Waals surface area contributed by atoms with Crippen LogP contribution in [-0.2, 0) is 0 Å². The highest BCUT2D eigenvalue weighted by molar-refractivity contribution is 5.96. The predicted molar refractivity (Wildman–Crippen MR) is 90.6 cm³/mol. The van der Waals surface area contributed by atoms with Gasteiger partial charge in [0.05, 0.1) is 11.0 Å². The number of ether oxygens (including phenoxy) is 1. The Kier molecular flexibility index (Phi) is 4.97. The number of carbonyl (C=O) groups is 1. The predicted octanol–water partition coefficient (Wildman–Crippen LogP) is 2.75. The van der Waals surface area contributed by atoms with E-state index in [-0.39, 0.29) is 29.2 Å². The van der Waals surface area contributed by atoms with Crippen LogP contribution in [0.15, 0.2) is 30.3 Å². The Balaban J connectivity index is 1.73. The van der Waals surface area contributed by atoms with E-state index in [0.29, 0.717) is 0 Å². The van der Waals surface area contributed by atoms with Crippen LogP contribution in [0, 0.1) is 17.0 Å². The molecule has 0 saturated heterocycles. The van der Waals surface area contributed by atoms with Crippen molar-refractivity contribution in [3.8, 4) is 5.75 Å². The fourth-order valence-corrected chi connectivity index (χ4v) is 3.12. The van der Waals surface area contributed by atoms with Crippen molar-refractivity contribution >= 4 is 11.6 Å². The lowest BCUT2D eigenvalue weighted by molar-refractivity contribution is -0.385. The van der Waals surface area contributed by atoms with Crippen LogP contribution >= 0.6 is 0 Å². The molecular formula is C17H20N4O4. The fraction of sp³-hybridized carbons (Fsp3) is 0.412. The number of rotatable bonds is 5. The standard InChI is InChI=1S/C17H20N4O4/c1-11-16(21(23)24)15(20-19-11)17(22)18-13-9-5-6-10-14(13)25-12-7-3-2-4-8-12/h2-4,7-8,13-14H,5-6,9-10H2,1H3,(H,18,22)(H,19,20)/t13-,14-/m1/s1. The molecule has 8 heteroatoms. The molecule has 25 heavy (non-hydrogen) atoms. The average molecular weight is 344 g/mol.